The summed E-state index contributed by atoms with van der Waals surface area (Å²) in [6, 6.07) is 13.3. The fourth-order valence-electron chi connectivity index (χ4n) is 9.67. The molecule has 3 atom stereocenters. The number of unbranched alkanes of at least 4 members (excludes halogenated alkanes) is 2. The van der Waals surface area contributed by atoms with E-state index in [1.165, 1.54) is 0 Å². The summed E-state index contributed by atoms with van der Waals surface area (Å²) in [4.78, 5) is 38.6. The Hall–Kier alpha value is -5.49. The van der Waals surface area contributed by atoms with Gasteiger partial charge in [-0.2, -0.15) is 0 Å². The predicted molar refractivity (Wildman–Crippen MR) is 230 cm³/mol. The average Bonchev–Trinajstić information content (AvgIpc) is 3.81. The molecule has 3 aromatic carbocycles. The van der Waals surface area contributed by atoms with Gasteiger partial charge >= 0.3 is 11.9 Å². The van der Waals surface area contributed by atoms with Gasteiger partial charge in [0.15, 0.2) is 17.9 Å². The zero-order valence-electron chi connectivity index (χ0n) is 34.7. The summed E-state index contributed by atoms with van der Waals surface area (Å²) in [5, 5.41) is 60.8. The van der Waals surface area contributed by atoms with Gasteiger partial charge in [0.1, 0.15) is 17.2 Å². The minimum absolute atomic E-state index is 0.0136. The van der Waals surface area contributed by atoms with E-state index in [4.69, 9.17) is 0 Å². The molecule has 0 spiro atoms. The first-order valence-electron chi connectivity index (χ1n) is 20.6. The quantitative estimate of drug-likeness (QED) is 0.0323. The van der Waals surface area contributed by atoms with Crippen molar-refractivity contribution in [1.29, 1.82) is 0 Å². The Bertz CT molecular complexity index is 2250. The maximum absolute atomic E-state index is 14.0. The number of carboxylic acids is 2. The normalized spacial score (nSPS) is 20.9. The van der Waals surface area contributed by atoms with Crippen LogP contribution in [0.1, 0.15) is 84.4 Å². The van der Waals surface area contributed by atoms with Crippen LogP contribution >= 0.6 is 0 Å². The van der Waals surface area contributed by atoms with Crippen molar-refractivity contribution in [3.8, 4) is 5.75 Å². The topological polar surface area (TPSA) is 176 Å². The second kappa shape index (κ2) is 17.8. The van der Waals surface area contributed by atoms with Crippen LogP contribution in [0.5, 0.6) is 5.75 Å². The summed E-state index contributed by atoms with van der Waals surface area (Å²) in [5.74, 6) is -2.00. The van der Waals surface area contributed by atoms with E-state index in [0.717, 1.165) is 57.7 Å². The minimum atomic E-state index is -0.854. The van der Waals surface area contributed by atoms with E-state index < -0.39 is 11.9 Å². The molecule has 11 heteroatoms. The van der Waals surface area contributed by atoms with E-state index in [9.17, 15) is 45.0 Å². The number of hydrogen-bond donors (Lipinski definition) is 6. The van der Waals surface area contributed by atoms with Crippen LogP contribution in [0.4, 0.5) is 17.1 Å². The van der Waals surface area contributed by atoms with Crippen LogP contribution in [0, 0.1) is 27.7 Å². The zero-order valence-corrected chi connectivity index (χ0v) is 34.7. The fraction of sp³-hybridized carbons (Fsp3) is 0.396. The van der Waals surface area contributed by atoms with Gasteiger partial charge in [-0.05, 0) is 125 Å². The number of carboxylic acid groups (broad SMARTS) is 2. The lowest BCUT2D eigenvalue weighted by Gasteiger charge is -2.30. The monoisotopic (exact) mass is 805 g/mol. The van der Waals surface area contributed by atoms with E-state index in [0.29, 0.717) is 76.7 Å². The van der Waals surface area contributed by atoms with Gasteiger partial charge in [-0.15, -0.1) is 0 Å². The summed E-state index contributed by atoms with van der Waals surface area (Å²) in [5.41, 5.74) is 11.0. The molecule has 0 aromatic heterocycles. The van der Waals surface area contributed by atoms with Crippen LogP contribution in [0.2, 0.25) is 0 Å². The number of benzene rings is 3. The molecule has 1 saturated heterocycles. The number of ketones is 1. The van der Waals surface area contributed by atoms with Gasteiger partial charge in [0, 0.05) is 89.5 Å². The first-order chi connectivity index (χ1) is 28.1. The van der Waals surface area contributed by atoms with Crippen molar-refractivity contribution >= 4 is 40.4 Å². The number of allylic oxidation sites excluding steroid dienone is 4. The number of carbonyl (C=O) groups is 3. The van der Waals surface area contributed by atoms with Crippen molar-refractivity contribution in [1.82, 2.24) is 4.48 Å². The maximum atomic E-state index is 14.0. The highest BCUT2D eigenvalue weighted by Crippen LogP contribution is 2.53. The van der Waals surface area contributed by atoms with Gasteiger partial charge in [-0.1, -0.05) is 24.3 Å². The molecule has 0 radical (unpaired) electrons. The third-order valence-electron chi connectivity index (χ3n) is 12.2. The van der Waals surface area contributed by atoms with Crippen molar-refractivity contribution in [2.75, 3.05) is 31.2 Å². The van der Waals surface area contributed by atoms with Crippen LogP contribution in [-0.2, 0) is 27.2 Å². The number of aliphatic hydroxyl groups is 3. The number of Topliss-reactive ketones (excluding diaryl/α,β-unsaturated/α-hetero) is 1. The first-order valence-corrected chi connectivity index (χ1v) is 20.6. The number of aliphatic carboxylic acids is 2. The van der Waals surface area contributed by atoms with E-state index in [2.05, 4.69) is 23.1 Å². The first kappa shape index (κ1) is 43.1. The number of quaternary nitrogens is 1. The molecule has 11 nitrogen and oxygen atoms in total. The Balaban J connectivity index is 1.30. The number of aliphatic hydroxyl groups excluding tert-OH is 3. The van der Waals surface area contributed by atoms with Crippen molar-refractivity contribution in [3.63, 3.8) is 0 Å². The molecule has 3 aliphatic rings. The zero-order chi connectivity index (χ0) is 42.8. The van der Waals surface area contributed by atoms with Crippen LogP contribution in [0.15, 0.2) is 83.2 Å². The van der Waals surface area contributed by atoms with Crippen molar-refractivity contribution in [3.05, 3.63) is 122 Å². The Labute approximate surface area is 346 Å². The van der Waals surface area contributed by atoms with E-state index in [1.54, 1.807) is 12.1 Å². The number of hydrogen-bond acceptors (Lipinski definition) is 8. The number of phenolic OH excluding ortho intramolecular Hbond substituents is 1. The Morgan fingerprint density at radius 2 is 1.31 bits per heavy atom. The number of rotatable bonds is 18. The third-order valence-corrected chi connectivity index (χ3v) is 12.2. The van der Waals surface area contributed by atoms with Crippen LogP contribution < -0.4 is 9.38 Å². The van der Waals surface area contributed by atoms with Gasteiger partial charge in [0.2, 0.25) is 0 Å². The van der Waals surface area contributed by atoms with Gasteiger partial charge in [0.25, 0.3) is 0 Å². The lowest BCUT2D eigenvalue weighted by atomic mass is 9.75. The minimum Gasteiger partial charge on any atom is -0.507 e. The largest absolute Gasteiger partial charge is 0.507 e. The summed E-state index contributed by atoms with van der Waals surface area (Å²) < 4.78 is 0.569. The van der Waals surface area contributed by atoms with Crippen molar-refractivity contribution < 1.29 is 45.0 Å². The van der Waals surface area contributed by atoms with Gasteiger partial charge in [0.05, 0.1) is 6.54 Å². The molecule has 1 heterocycles. The number of aryl methyl sites for hydroxylation is 6. The number of carbonyl (C=O) groups excluding carboxylic acids is 1. The number of aromatic hydroxyl groups is 1. The maximum Gasteiger partial charge on any atom is 0.303 e. The van der Waals surface area contributed by atoms with Crippen molar-refractivity contribution in [2.24, 2.45) is 0 Å². The molecule has 1 fully saturated rings. The molecule has 59 heavy (non-hydrogen) atoms. The molecule has 6 rings (SSSR count). The second-order valence-electron chi connectivity index (χ2n) is 16.3. The SMILES string of the molecule is CC1=C(c2ccc(N(CCCCO)c3c(C)cc(CCC(=O)O)cc3C)cc2O)C(=O)/C1=C1/C=CC2C(C=C1O)[N+]2(CCCCO)c1c(C)cc(CCC(=O)O)cc1C. The molecule has 2 aliphatic carbocycles. The molecule has 0 bridgehead atoms. The number of anilines is 2. The lowest BCUT2D eigenvalue weighted by Crippen LogP contribution is -2.34. The van der Waals surface area contributed by atoms with E-state index in [-0.39, 0.29) is 55.4 Å². The summed E-state index contributed by atoms with van der Waals surface area (Å²) in [6.45, 7) is 11.3. The molecular formula is C48H57N2O9+. The van der Waals surface area contributed by atoms with Gasteiger partial charge < -0.3 is 35.5 Å². The van der Waals surface area contributed by atoms with Crippen molar-refractivity contribution in [2.45, 2.75) is 98.1 Å². The molecule has 0 amide bonds. The van der Waals surface area contributed by atoms with Crippen LogP contribution in [0.25, 0.3) is 5.57 Å². The summed E-state index contributed by atoms with van der Waals surface area (Å²) in [7, 11) is 0. The lowest BCUT2D eigenvalue weighted by molar-refractivity contribution is -0.138. The third kappa shape index (κ3) is 8.50. The molecule has 3 aromatic rings. The van der Waals surface area contributed by atoms with Gasteiger partial charge in [-0.25, -0.2) is 0 Å². The average molecular weight is 806 g/mol. The van der Waals surface area contributed by atoms with E-state index >= 15 is 0 Å². The molecule has 6 N–H and O–H groups in total. The highest BCUT2D eigenvalue weighted by molar-refractivity contribution is 6.40. The van der Waals surface area contributed by atoms with Crippen LogP contribution in [-0.4, -0.2) is 86.7 Å². The molecule has 1 aliphatic heterocycles. The number of nitrogens with zero attached hydrogens (tertiary/aromatic N) is 2. The predicted octanol–water partition coefficient (Wildman–Crippen LogP) is 7.77. The van der Waals surface area contributed by atoms with Gasteiger partial charge in [-0.3, -0.25) is 18.9 Å². The van der Waals surface area contributed by atoms with E-state index in [1.807, 2.05) is 65.0 Å². The summed E-state index contributed by atoms with van der Waals surface area (Å²) >= 11 is 0. The Morgan fingerprint density at radius 3 is 1.85 bits per heavy atom. The highest BCUT2D eigenvalue weighted by Gasteiger charge is 2.66. The molecule has 312 valence electrons. The smallest absolute Gasteiger partial charge is 0.303 e. The fourth-order valence-corrected chi connectivity index (χ4v) is 9.67. The highest BCUT2D eigenvalue weighted by atomic mass is 16.4. The standard InChI is InChI=1S/C48H56N2O9/c1-28-22-33(10-16-42(55)56)23-29(2)46(28)49(18-6-8-20-51)35-12-13-36(40(53)26-35)44-32(5)45(48(44)59)37-14-15-38-39(27-41(37)54)50(38,19-7-9-21-52)47-30(3)24-34(25-31(47)4)11-17-43(57)58/h12-15,22-27,38-39,51-52H,6-11,16-21H2,1-5H3,(H3-,53,54,55,56,57,58)/p+1/b45-37-. The molecule has 3 unspecified atom stereocenters. The Kier molecular flexibility index (Phi) is 13.0. The Morgan fingerprint density at radius 1 is 0.729 bits per heavy atom. The van der Waals surface area contributed by atoms with Crippen LogP contribution in [0.3, 0.4) is 0 Å². The molecular weight excluding hydrogens is 749 g/mol. The summed E-state index contributed by atoms with van der Waals surface area (Å²) in [6.07, 6.45) is 9.39. The number of phenols is 1. The number of fused-ring (bicyclic) bond motifs is 1. The molecule has 0 saturated carbocycles. The second-order valence-corrected chi connectivity index (χ2v) is 16.3.